The highest BCUT2D eigenvalue weighted by Gasteiger charge is 2.20. The molecule has 0 aromatic heterocycles. The standard InChI is InChI=1S/C12H21N3O3/c1-4-14-6-8(2)5-10(13)12(18)15-11(7-16)9(3)17/h4,6,10-11,16H,5,7,13H2,1-3H3,(H,15,18)/b8-6+,14-4-/t10-,11-/m0/s1. The Hall–Kier alpha value is -1.53. The molecular formula is C12H21N3O3. The summed E-state index contributed by atoms with van der Waals surface area (Å²) < 4.78 is 0. The van der Waals surface area contributed by atoms with Crippen LogP contribution in [0.15, 0.2) is 16.8 Å². The van der Waals surface area contributed by atoms with Crippen molar-refractivity contribution in [2.45, 2.75) is 39.3 Å². The Kier molecular flexibility index (Phi) is 7.82. The zero-order chi connectivity index (χ0) is 14.1. The third-order valence-electron chi connectivity index (χ3n) is 2.31. The molecule has 102 valence electrons. The molecule has 1 amide bonds. The summed E-state index contributed by atoms with van der Waals surface area (Å²) in [5, 5.41) is 11.3. The van der Waals surface area contributed by atoms with Crippen LogP contribution in [-0.2, 0) is 9.59 Å². The minimum Gasteiger partial charge on any atom is -0.394 e. The zero-order valence-electron chi connectivity index (χ0n) is 11.0. The van der Waals surface area contributed by atoms with E-state index in [4.69, 9.17) is 10.8 Å². The van der Waals surface area contributed by atoms with E-state index in [9.17, 15) is 9.59 Å². The minimum absolute atomic E-state index is 0.305. The maximum absolute atomic E-state index is 11.7. The largest absolute Gasteiger partial charge is 0.394 e. The van der Waals surface area contributed by atoms with Gasteiger partial charge in [-0.1, -0.05) is 5.57 Å². The summed E-state index contributed by atoms with van der Waals surface area (Å²) in [5.74, 6) is -0.765. The van der Waals surface area contributed by atoms with Gasteiger partial charge in [-0.3, -0.25) is 14.6 Å². The van der Waals surface area contributed by atoms with Crippen LogP contribution in [-0.4, -0.2) is 41.7 Å². The Morgan fingerprint density at radius 2 is 2.06 bits per heavy atom. The molecule has 0 aromatic carbocycles. The zero-order valence-corrected chi connectivity index (χ0v) is 11.0. The highest BCUT2D eigenvalue weighted by atomic mass is 16.3. The van der Waals surface area contributed by atoms with Crippen molar-refractivity contribution >= 4 is 17.9 Å². The summed E-state index contributed by atoms with van der Waals surface area (Å²) in [5.41, 5.74) is 6.56. The lowest BCUT2D eigenvalue weighted by molar-refractivity contribution is -0.128. The monoisotopic (exact) mass is 255 g/mol. The van der Waals surface area contributed by atoms with Gasteiger partial charge >= 0.3 is 0 Å². The van der Waals surface area contributed by atoms with Crippen LogP contribution in [0, 0.1) is 0 Å². The molecule has 2 atom stereocenters. The summed E-state index contributed by atoms with van der Waals surface area (Å²) in [6.45, 7) is 4.47. The molecule has 6 heteroatoms. The summed E-state index contributed by atoms with van der Waals surface area (Å²) >= 11 is 0. The van der Waals surface area contributed by atoms with Crippen LogP contribution in [0.2, 0.25) is 0 Å². The number of nitrogens with zero attached hydrogens (tertiary/aromatic N) is 1. The third-order valence-corrected chi connectivity index (χ3v) is 2.31. The van der Waals surface area contributed by atoms with E-state index in [-0.39, 0.29) is 5.78 Å². The fraction of sp³-hybridized carbons (Fsp3) is 0.583. The van der Waals surface area contributed by atoms with Gasteiger partial charge < -0.3 is 16.2 Å². The molecule has 4 N–H and O–H groups in total. The van der Waals surface area contributed by atoms with Crippen molar-refractivity contribution in [3.05, 3.63) is 11.8 Å². The van der Waals surface area contributed by atoms with E-state index in [1.54, 1.807) is 19.3 Å². The maximum Gasteiger partial charge on any atom is 0.237 e. The van der Waals surface area contributed by atoms with E-state index in [2.05, 4.69) is 10.3 Å². The van der Waals surface area contributed by atoms with Crippen LogP contribution in [0.5, 0.6) is 0 Å². The number of carbonyl (C=O) groups is 2. The van der Waals surface area contributed by atoms with Gasteiger partial charge in [-0.2, -0.15) is 0 Å². The Labute approximate surface area is 107 Å². The van der Waals surface area contributed by atoms with Gasteiger partial charge in [-0.05, 0) is 27.2 Å². The number of aliphatic hydroxyl groups is 1. The molecule has 0 fully saturated rings. The number of hydrogen-bond acceptors (Lipinski definition) is 5. The van der Waals surface area contributed by atoms with Crippen molar-refractivity contribution in [2.75, 3.05) is 6.61 Å². The molecule has 0 radical (unpaired) electrons. The van der Waals surface area contributed by atoms with Gasteiger partial charge in [-0.15, -0.1) is 0 Å². The Bertz CT molecular complexity index is 350. The second-order valence-corrected chi connectivity index (χ2v) is 4.05. The molecule has 0 aliphatic heterocycles. The van der Waals surface area contributed by atoms with Crippen LogP contribution >= 0.6 is 0 Å². The Morgan fingerprint density at radius 1 is 1.44 bits per heavy atom. The number of aliphatic imine (C=N–C) groups is 1. The van der Waals surface area contributed by atoms with Crippen molar-refractivity contribution < 1.29 is 14.7 Å². The Balaban J connectivity index is 4.38. The molecule has 0 aliphatic rings. The third kappa shape index (κ3) is 6.27. The van der Waals surface area contributed by atoms with Crippen molar-refractivity contribution in [2.24, 2.45) is 10.7 Å². The average molecular weight is 255 g/mol. The fourth-order valence-electron chi connectivity index (χ4n) is 1.25. The number of Topliss-reactive ketones (excluding diaryl/α,β-unsaturated/α-hetero) is 1. The number of amides is 1. The lowest BCUT2D eigenvalue weighted by atomic mass is 10.1. The van der Waals surface area contributed by atoms with E-state index in [0.29, 0.717) is 6.42 Å². The first-order valence-corrected chi connectivity index (χ1v) is 5.73. The number of nitrogens with one attached hydrogen (secondary N) is 1. The number of rotatable bonds is 7. The van der Waals surface area contributed by atoms with Gasteiger partial charge in [0.25, 0.3) is 0 Å². The second kappa shape index (κ2) is 8.54. The molecule has 0 aromatic rings. The second-order valence-electron chi connectivity index (χ2n) is 4.05. The summed E-state index contributed by atoms with van der Waals surface area (Å²) in [4.78, 5) is 26.6. The van der Waals surface area contributed by atoms with E-state index in [1.165, 1.54) is 6.92 Å². The van der Waals surface area contributed by atoms with Gasteiger partial charge in [-0.25, -0.2) is 0 Å². The van der Waals surface area contributed by atoms with Crippen molar-refractivity contribution in [1.82, 2.24) is 5.32 Å². The van der Waals surface area contributed by atoms with Crippen LogP contribution in [0.4, 0.5) is 0 Å². The van der Waals surface area contributed by atoms with Crippen LogP contribution < -0.4 is 11.1 Å². The lowest BCUT2D eigenvalue weighted by Gasteiger charge is -2.17. The number of aliphatic hydroxyl groups excluding tert-OH is 1. The van der Waals surface area contributed by atoms with Crippen molar-refractivity contribution in [3.63, 3.8) is 0 Å². The van der Waals surface area contributed by atoms with Crippen LogP contribution in [0.1, 0.15) is 27.2 Å². The molecule has 0 bridgehead atoms. The minimum atomic E-state index is -0.888. The van der Waals surface area contributed by atoms with Gasteiger partial charge in [0.15, 0.2) is 5.78 Å². The normalized spacial score (nSPS) is 15.5. The fourth-order valence-corrected chi connectivity index (χ4v) is 1.25. The lowest BCUT2D eigenvalue weighted by Crippen LogP contribution is -2.49. The SMILES string of the molecule is C/C=N\C=C(/C)C[C@H](N)C(=O)N[C@@H](CO)C(C)=O. The van der Waals surface area contributed by atoms with Crippen molar-refractivity contribution in [1.29, 1.82) is 0 Å². The molecule has 18 heavy (non-hydrogen) atoms. The molecule has 0 aliphatic carbocycles. The Morgan fingerprint density at radius 3 is 2.50 bits per heavy atom. The van der Waals surface area contributed by atoms with E-state index < -0.39 is 24.6 Å². The van der Waals surface area contributed by atoms with Gasteiger partial charge in [0, 0.05) is 12.4 Å². The number of carbonyl (C=O) groups excluding carboxylic acids is 2. The van der Waals surface area contributed by atoms with Gasteiger partial charge in [0.2, 0.25) is 5.91 Å². The van der Waals surface area contributed by atoms with E-state index in [0.717, 1.165) is 5.57 Å². The first kappa shape index (κ1) is 16.5. The molecule has 0 rings (SSSR count). The highest BCUT2D eigenvalue weighted by molar-refractivity contribution is 5.89. The molecular weight excluding hydrogens is 234 g/mol. The quantitative estimate of drug-likeness (QED) is 0.546. The number of hydrogen-bond donors (Lipinski definition) is 3. The maximum atomic E-state index is 11.7. The van der Waals surface area contributed by atoms with Gasteiger partial charge in [0.05, 0.1) is 12.6 Å². The van der Waals surface area contributed by atoms with E-state index in [1.807, 2.05) is 6.92 Å². The predicted octanol–water partition coefficient (Wildman–Crippen LogP) is -0.236. The summed E-state index contributed by atoms with van der Waals surface area (Å²) in [7, 11) is 0. The average Bonchev–Trinajstić information content (AvgIpc) is 2.32. The molecule has 0 heterocycles. The number of ketones is 1. The topological polar surface area (TPSA) is 105 Å². The summed E-state index contributed by atoms with van der Waals surface area (Å²) in [6, 6.07) is -1.65. The first-order valence-electron chi connectivity index (χ1n) is 5.73. The highest BCUT2D eigenvalue weighted by Crippen LogP contribution is 2.03. The molecule has 0 saturated heterocycles. The van der Waals surface area contributed by atoms with Crippen LogP contribution in [0.25, 0.3) is 0 Å². The first-order chi connectivity index (χ1) is 8.42. The van der Waals surface area contributed by atoms with E-state index >= 15 is 0 Å². The van der Waals surface area contributed by atoms with Crippen LogP contribution in [0.3, 0.4) is 0 Å². The molecule has 0 unspecified atom stereocenters. The predicted molar refractivity (Wildman–Crippen MR) is 70.2 cm³/mol. The molecule has 6 nitrogen and oxygen atoms in total. The smallest absolute Gasteiger partial charge is 0.237 e. The molecule has 0 spiro atoms. The molecule has 0 saturated carbocycles. The number of nitrogens with two attached hydrogens (primary N) is 1. The van der Waals surface area contributed by atoms with Crippen molar-refractivity contribution in [3.8, 4) is 0 Å². The summed E-state index contributed by atoms with van der Waals surface area (Å²) in [6.07, 6.45) is 3.60. The van der Waals surface area contributed by atoms with Gasteiger partial charge in [0.1, 0.15) is 6.04 Å².